The van der Waals surface area contributed by atoms with Crippen LogP contribution in [0.25, 0.3) is 0 Å². The number of rotatable bonds is 5. The first-order valence-corrected chi connectivity index (χ1v) is 8.62. The topological polar surface area (TPSA) is 101 Å². The Bertz CT molecular complexity index is 709. The summed E-state index contributed by atoms with van der Waals surface area (Å²) in [5.74, 6) is -1.70. The summed E-state index contributed by atoms with van der Waals surface area (Å²) >= 11 is 0. The number of sulfonamides is 1. The quantitative estimate of drug-likeness (QED) is 0.856. The van der Waals surface area contributed by atoms with E-state index in [4.69, 9.17) is 5.11 Å². The van der Waals surface area contributed by atoms with Crippen molar-refractivity contribution in [1.29, 1.82) is 0 Å². The molecule has 1 aromatic rings. The number of Topliss-reactive ketones (excluding diaryl/α,β-unsaturated/α-hetero) is 1. The summed E-state index contributed by atoms with van der Waals surface area (Å²) in [6.07, 6.45) is 1.93. The Morgan fingerprint density at radius 3 is 2.55 bits per heavy atom. The zero-order valence-corrected chi connectivity index (χ0v) is 13.3. The third-order valence-corrected chi connectivity index (χ3v) is 5.20. The molecule has 0 saturated heterocycles. The van der Waals surface area contributed by atoms with Gasteiger partial charge in [-0.25, -0.2) is 8.42 Å². The Morgan fingerprint density at radius 2 is 1.95 bits per heavy atom. The minimum Gasteiger partial charge on any atom is -0.480 e. The van der Waals surface area contributed by atoms with Gasteiger partial charge in [0.2, 0.25) is 10.0 Å². The number of aryl methyl sites for hydroxylation is 1. The maximum Gasteiger partial charge on any atom is 0.322 e. The summed E-state index contributed by atoms with van der Waals surface area (Å²) in [6.45, 7) is 3.25. The molecule has 6 nitrogen and oxygen atoms in total. The molecule has 0 unspecified atom stereocenters. The van der Waals surface area contributed by atoms with Gasteiger partial charge in [-0.15, -0.1) is 0 Å². The highest BCUT2D eigenvalue weighted by Gasteiger charge is 2.29. The van der Waals surface area contributed by atoms with Gasteiger partial charge in [-0.2, -0.15) is 4.72 Å². The minimum atomic E-state index is -3.99. The van der Waals surface area contributed by atoms with Crippen molar-refractivity contribution in [3.05, 3.63) is 29.3 Å². The molecule has 0 amide bonds. The average molecular weight is 325 g/mol. The molecule has 2 rings (SSSR count). The normalized spacial score (nSPS) is 16.4. The summed E-state index contributed by atoms with van der Waals surface area (Å²) in [5, 5.41) is 9.11. The van der Waals surface area contributed by atoms with Gasteiger partial charge in [-0.05, 0) is 36.5 Å². The zero-order chi connectivity index (χ0) is 16.5. The van der Waals surface area contributed by atoms with E-state index >= 15 is 0 Å². The largest absolute Gasteiger partial charge is 0.480 e. The number of carbonyl (C=O) groups excluding carboxylic acids is 1. The number of ketones is 1. The fourth-order valence-electron chi connectivity index (χ4n) is 2.48. The molecule has 0 bridgehead atoms. The molecule has 2 N–H and O–H groups in total. The van der Waals surface area contributed by atoms with Gasteiger partial charge < -0.3 is 5.11 Å². The number of benzene rings is 1. The number of carboxylic acid groups (broad SMARTS) is 1. The first kappa shape index (κ1) is 16.6. The lowest BCUT2D eigenvalue weighted by atomic mass is 9.91. The van der Waals surface area contributed by atoms with Crippen LogP contribution in [0.2, 0.25) is 0 Å². The fourth-order valence-corrected chi connectivity index (χ4v) is 3.84. The van der Waals surface area contributed by atoms with Crippen LogP contribution in [-0.4, -0.2) is 31.3 Å². The number of nitrogens with one attached hydrogen (secondary N) is 1. The highest BCUT2D eigenvalue weighted by molar-refractivity contribution is 7.89. The standard InChI is InChI=1S/C15H19NO5S/c1-9(2)14(15(18)19)16-22(20,21)11-7-6-10-4-3-5-13(17)12(10)8-11/h6-9,14,16H,3-5H2,1-2H3,(H,18,19)/t14-/m1/s1. The molecule has 0 saturated carbocycles. The highest BCUT2D eigenvalue weighted by atomic mass is 32.2. The number of hydrogen-bond donors (Lipinski definition) is 2. The lowest BCUT2D eigenvalue weighted by molar-refractivity contribution is -0.140. The van der Waals surface area contributed by atoms with E-state index in [1.165, 1.54) is 12.1 Å². The van der Waals surface area contributed by atoms with E-state index < -0.39 is 28.0 Å². The monoisotopic (exact) mass is 325 g/mol. The summed E-state index contributed by atoms with van der Waals surface area (Å²) in [6, 6.07) is 3.18. The lowest BCUT2D eigenvalue weighted by Crippen LogP contribution is -2.44. The van der Waals surface area contributed by atoms with Gasteiger partial charge >= 0.3 is 5.97 Å². The molecule has 0 heterocycles. The number of carbonyl (C=O) groups is 2. The Balaban J connectivity index is 2.36. The van der Waals surface area contributed by atoms with Crippen LogP contribution in [0.1, 0.15) is 42.6 Å². The predicted molar refractivity (Wildman–Crippen MR) is 80.3 cm³/mol. The van der Waals surface area contributed by atoms with Crippen molar-refractivity contribution >= 4 is 21.8 Å². The van der Waals surface area contributed by atoms with E-state index in [2.05, 4.69) is 4.72 Å². The molecule has 1 aliphatic rings. The molecule has 1 aromatic carbocycles. The third-order valence-electron chi connectivity index (χ3n) is 3.76. The van der Waals surface area contributed by atoms with Crippen LogP contribution < -0.4 is 4.72 Å². The summed E-state index contributed by atoms with van der Waals surface area (Å²) in [4.78, 5) is 23.0. The number of carboxylic acids is 1. The van der Waals surface area contributed by atoms with Gasteiger partial charge in [0.15, 0.2) is 5.78 Å². The second kappa shape index (κ2) is 6.18. The van der Waals surface area contributed by atoms with Crippen molar-refractivity contribution in [2.45, 2.75) is 44.0 Å². The number of hydrogen-bond acceptors (Lipinski definition) is 4. The van der Waals surface area contributed by atoms with Crippen LogP contribution in [0, 0.1) is 5.92 Å². The molecule has 22 heavy (non-hydrogen) atoms. The van der Waals surface area contributed by atoms with E-state index in [9.17, 15) is 18.0 Å². The molecule has 0 spiro atoms. The molecule has 1 atom stereocenters. The Kier molecular flexibility index (Phi) is 4.67. The van der Waals surface area contributed by atoms with Crippen LogP contribution in [0.3, 0.4) is 0 Å². The zero-order valence-electron chi connectivity index (χ0n) is 12.5. The van der Waals surface area contributed by atoms with Gasteiger partial charge in [0.25, 0.3) is 0 Å². The van der Waals surface area contributed by atoms with Crippen molar-refractivity contribution in [2.24, 2.45) is 5.92 Å². The molecular weight excluding hydrogens is 306 g/mol. The number of aliphatic carboxylic acids is 1. The summed E-state index contributed by atoms with van der Waals surface area (Å²) < 4.78 is 26.9. The van der Waals surface area contributed by atoms with Crippen LogP contribution in [0.4, 0.5) is 0 Å². The van der Waals surface area contributed by atoms with E-state index in [0.29, 0.717) is 12.0 Å². The lowest BCUT2D eigenvalue weighted by Gasteiger charge is -2.19. The second-order valence-corrected chi connectivity index (χ2v) is 7.49. The molecule has 0 radical (unpaired) electrons. The van der Waals surface area contributed by atoms with Crippen LogP contribution in [0.5, 0.6) is 0 Å². The summed E-state index contributed by atoms with van der Waals surface area (Å²) in [7, 11) is -3.99. The molecule has 120 valence electrons. The molecular formula is C15H19NO5S. The molecule has 0 aliphatic heterocycles. The van der Waals surface area contributed by atoms with Crippen molar-refractivity contribution < 1.29 is 23.1 Å². The Hall–Kier alpha value is -1.73. The predicted octanol–water partition coefficient (Wildman–Crippen LogP) is 1.59. The van der Waals surface area contributed by atoms with Crippen molar-refractivity contribution in [3.63, 3.8) is 0 Å². The van der Waals surface area contributed by atoms with E-state index in [1.807, 2.05) is 0 Å². The SMILES string of the molecule is CC(C)[C@@H](NS(=O)(=O)c1ccc2c(c1)C(=O)CCC2)C(=O)O. The third kappa shape index (κ3) is 3.36. The molecule has 0 fully saturated rings. The molecule has 1 aliphatic carbocycles. The first-order chi connectivity index (χ1) is 10.2. The average Bonchev–Trinajstić information content (AvgIpc) is 2.44. The van der Waals surface area contributed by atoms with Gasteiger partial charge in [-0.1, -0.05) is 19.9 Å². The molecule has 0 aromatic heterocycles. The Morgan fingerprint density at radius 1 is 1.27 bits per heavy atom. The Labute approximate surface area is 129 Å². The second-order valence-electron chi connectivity index (χ2n) is 5.78. The summed E-state index contributed by atoms with van der Waals surface area (Å²) in [5.41, 5.74) is 1.26. The van der Waals surface area contributed by atoms with Gasteiger partial charge in [0, 0.05) is 12.0 Å². The van der Waals surface area contributed by atoms with Crippen molar-refractivity contribution in [3.8, 4) is 0 Å². The van der Waals surface area contributed by atoms with Crippen LogP contribution in [0.15, 0.2) is 23.1 Å². The smallest absolute Gasteiger partial charge is 0.322 e. The van der Waals surface area contributed by atoms with Crippen LogP contribution in [-0.2, 0) is 21.2 Å². The first-order valence-electron chi connectivity index (χ1n) is 7.13. The van der Waals surface area contributed by atoms with Crippen molar-refractivity contribution in [2.75, 3.05) is 0 Å². The maximum absolute atomic E-state index is 12.4. The van der Waals surface area contributed by atoms with E-state index in [-0.39, 0.29) is 10.7 Å². The highest BCUT2D eigenvalue weighted by Crippen LogP contribution is 2.24. The van der Waals surface area contributed by atoms with E-state index in [1.54, 1.807) is 19.9 Å². The van der Waals surface area contributed by atoms with Gasteiger partial charge in [-0.3, -0.25) is 9.59 Å². The minimum absolute atomic E-state index is 0.0723. The van der Waals surface area contributed by atoms with Crippen LogP contribution >= 0.6 is 0 Å². The van der Waals surface area contributed by atoms with Gasteiger partial charge in [0.05, 0.1) is 4.90 Å². The van der Waals surface area contributed by atoms with Crippen molar-refractivity contribution in [1.82, 2.24) is 4.72 Å². The fraction of sp³-hybridized carbons (Fsp3) is 0.467. The number of fused-ring (bicyclic) bond motifs is 1. The van der Waals surface area contributed by atoms with Gasteiger partial charge in [0.1, 0.15) is 6.04 Å². The molecule has 7 heteroatoms. The van der Waals surface area contributed by atoms with E-state index in [0.717, 1.165) is 18.4 Å². The maximum atomic E-state index is 12.4.